The molecule has 1 aromatic rings. The van der Waals surface area contributed by atoms with E-state index in [1.807, 2.05) is 15.9 Å². The molecule has 1 aromatic carbocycles. The van der Waals surface area contributed by atoms with E-state index in [1.165, 1.54) is 0 Å². The molecule has 2 heterocycles. The fraction of sp³-hybridized carbons (Fsp3) is 0.550. The first-order chi connectivity index (χ1) is 13.1. The van der Waals surface area contributed by atoms with Crippen LogP contribution in [-0.2, 0) is 9.59 Å². The minimum absolute atomic E-state index is 0.0338. The lowest BCUT2D eigenvalue weighted by Gasteiger charge is -2.35. The van der Waals surface area contributed by atoms with Crippen molar-refractivity contribution in [3.05, 3.63) is 29.8 Å². The summed E-state index contributed by atoms with van der Waals surface area (Å²) in [5, 5.41) is 0. The van der Waals surface area contributed by atoms with Gasteiger partial charge >= 0.3 is 0 Å². The molecule has 146 valence electrons. The maximum Gasteiger partial charge on any atom is 0.254 e. The molecule has 0 atom stereocenters. The minimum atomic E-state index is -0.0338. The second-order valence-corrected chi connectivity index (χ2v) is 6.99. The molecule has 7 nitrogen and oxygen atoms in total. The van der Waals surface area contributed by atoms with Gasteiger partial charge in [-0.05, 0) is 31.0 Å². The van der Waals surface area contributed by atoms with Gasteiger partial charge in [0, 0.05) is 57.7 Å². The van der Waals surface area contributed by atoms with E-state index < -0.39 is 0 Å². The number of hydrogen-bond donors (Lipinski definition) is 0. The van der Waals surface area contributed by atoms with Crippen LogP contribution in [0.2, 0.25) is 0 Å². The number of benzene rings is 1. The molecule has 2 saturated heterocycles. The zero-order valence-corrected chi connectivity index (χ0v) is 15.9. The summed E-state index contributed by atoms with van der Waals surface area (Å²) in [6, 6.07) is 7.13. The van der Waals surface area contributed by atoms with Gasteiger partial charge in [0.1, 0.15) is 5.75 Å². The van der Waals surface area contributed by atoms with E-state index in [2.05, 4.69) is 0 Å². The van der Waals surface area contributed by atoms with E-state index in [9.17, 15) is 14.4 Å². The van der Waals surface area contributed by atoms with Crippen LogP contribution in [0.4, 0.5) is 0 Å². The topological polar surface area (TPSA) is 70.2 Å². The van der Waals surface area contributed by atoms with Crippen molar-refractivity contribution in [2.24, 2.45) is 0 Å². The molecule has 0 aliphatic carbocycles. The molecule has 2 aliphatic heterocycles. The molecule has 27 heavy (non-hydrogen) atoms. The average molecular weight is 373 g/mol. The number of methoxy groups -OCH3 is 1. The van der Waals surface area contributed by atoms with E-state index in [0.717, 1.165) is 13.0 Å². The standard InChI is InChI=1S/C20H27N3O4/c1-27-17-6-2-5-16(15-17)20(26)23-13-11-22(12-14-23)19(25)8-4-10-21-9-3-7-18(21)24/h2,5-6,15H,3-4,7-14H2,1H3. The summed E-state index contributed by atoms with van der Waals surface area (Å²) in [4.78, 5) is 42.0. The Bertz CT molecular complexity index is 698. The van der Waals surface area contributed by atoms with Gasteiger partial charge < -0.3 is 19.4 Å². The van der Waals surface area contributed by atoms with Gasteiger partial charge in [0.15, 0.2) is 0 Å². The number of hydrogen-bond acceptors (Lipinski definition) is 4. The van der Waals surface area contributed by atoms with Crippen molar-refractivity contribution in [3.63, 3.8) is 0 Å². The lowest BCUT2D eigenvalue weighted by atomic mass is 10.1. The van der Waals surface area contributed by atoms with Gasteiger partial charge in [0.2, 0.25) is 11.8 Å². The fourth-order valence-corrected chi connectivity index (χ4v) is 3.62. The van der Waals surface area contributed by atoms with Crippen LogP contribution in [-0.4, -0.2) is 78.8 Å². The summed E-state index contributed by atoms with van der Waals surface area (Å²) < 4.78 is 5.17. The van der Waals surface area contributed by atoms with Crippen LogP contribution in [0, 0.1) is 0 Å². The molecular weight excluding hydrogens is 346 g/mol. The van der Waals surface area contributed by atoms with Gasteiger partial charge in [-0.2, -0.15) is 0 Å². The van der Waals surface area contributed by atoms with Crippen molar-refractivity contribution in [2.45, 2.75) is 25.7 Å². The largest absolute Gasteiger partial charge is 0.497 e. The number of carbonyl (C=O) groups is 3. The summed E-state index contributed by atoms with van der Waals surface area (Å²) in [6.07, 6.45) is 2.72. The second-order valence-electron chi connectivity index (χ2n) is 6.99. The van der Waals surface area contributed by atoms with Crippen molar-refractivity contribution in [3.8, 4) is 5.75 Å². The maximum atomic E-state index is 12.6. The van der Waals surface area contributed by atoms with Gasteiger partial charge in [0.25, 0.3) is 5.91 Å². The van der Waals surface area contributed by atoms with Crippen molar-refractivity contribution < 1.29 is 19.1 Å². The lowest BCUT2D eigenvalue weighted by molar-refractivity contribution is -0.133. The average Bonchev–Trinajstić information content (AvgIpc) is 3.12. The Morgan fingerprint density at radius 1 is 1.07 bits per heavy atom. The summed E-state index contributed by atoms with van der Waals surface area (Å²) in [5.41, 5.74) is 0.601. The Hall–Kier alpha value is -2.57. The highest BCUT2D eigenvalue weighted by molar-refractivity contribution is 5.94. The molecule has 0 aromatic heterocycles. The predicted octanol–water partition coefficient (Wildman–Crippen LogP) is 1.38. The number of carbonyl (C=O) groups excluding carboxylic acids is 3. The number of rotatable bonds is 6. The SMILES string of the molecule is COc1cccc(C(=O)N2CCN(C(=O)CCCN3CCCC3=O)CC2)c1. The molecular formula is C20H27N3O4. The van der Waals surface area contributed by atoms with Crippen molar-refractivity contribution in [1.82, 2.24) is 14.7 Å². The van der Waals surface area contributed by atoms with E-state index in [1.54, 1.807) is 30.2 Å². The van der Waals surface area contributed by atoms with E-state index in [4.69, 9.17) is 4.74 Å². The molecule has 0 saturated carbocycles. The number of piperazine rings is 1. The molecule has 0 N–H and O–H groups in total. The highest BCUT2D eigenvalue weighted by Gasteiger charge is 2.25. The molecule has 2 aliphatic rings. The molecule has 3 amide bonds. The predicted molar refractivity (Wildman–Crippen MR) is 101 cm³/mol. The fourth-order valence-electron chi connectivity index (χ4n) is 3.62. The summed E-state index contributed by atoms with van der Waals surface area (Å²) in [6.45, 7) is 3.66. The quantitative estimate of drug-likeness (QED) is 0.755. The minimum Gasteiger partial charge on any atom is -0.497 e. The molecule has 0 bridgehead atoms. The van der Waals surface area contributed by atoms with Crippen LogP contribution in [0.25, 0.3) is 0 Å². The van der Waals surface area contributed by atoms with Crippen LogP contribution in [0.3, 0.4) is 0 Å². The number of ether oxygens (including phenoxy) is 1. The van der Waals surface area contributed by atoms with Crippen molar-refractivity contribution in [1.29, 1.82) is 0 Å². The van der Waals surface area contributed by atoms with Crippen molar-refractivity contribution >= 4 is 17.7 Å². The maximum absolute atomic E-state index is 12.6. The van der Waals surface area contributed by atoms with Gasteiger partial charge in [0.05, 0.1) is 7.11 Å². The third kappa shape index (κ3) is 4.78. The third-order valence-electron chi connectivity index (χ3n) is 5.23. The van der Waals surface area contributed by atoms with Crippen LogP contribution in [0.1, 0.15) is 36.0 Å². The Kier molecular flexibility index (Phi) is 6.32. The molecule has 7 heteroatoms. The molecule has 3 rings (SSSR count). The Morgan fingerprint density at radius 3 is 2.48 bits per heavy atom. The number of amides is 3. The van der Waals surface area contributed by atoms with Gasteiger partial charge in [-0.3, -0.25) is 14.4 Å². The highest BCUT2D eigenvalue weighted by atomic mass is 16.5. The Labute approximate surface area is 159 Å². The Morgan fingerprint density at radius 2 is 1.81 bits per heavy atom. The van der Waals surface area contributed by atoms with E-state index in [0.29, 0.717) is 63.3 Å². The molecule has 0 radical (unpaired) electrons. The molecule has 0 spiro atoms. The second kappa shape index (κ2) is 8.88. The number of nitrogens with zero attached hydrogens (tertiary/aromatic N) is 3. The van der Waals surface area contributed by atoms with Crippen LogP contribution in [0.15, 0.2) is 24.3 Å². The van der Waals surface area contributed by atoms with Crippen molar-refractivity contribution in [2.75, 3.05) is 46.4 Å². The first-order valence-corrected chi connectivity index (χ1v) is 9.57. The van der Waals surface area contributed by atoms with Gasteiger partial charge in [-0.15, -0.1) is 0 Å². The normalized spacial score (nSPS) is 17.4. The van der Waals surface area contributed by atoms with Gasteiger partial charge in [-0.1, -0.05) is 6.07 Å². The summed E-state index contributed by atoms with van der Waals surface area (Å²) >= 11 is 0. The third-order valence-corrected chi connectivity index (χ3v) is 5.23. The van der Waals surface area contributed by atoms with E-state index in [-0.39, 0.29) is 17.7 Å². The first kappa shape index (κ1) is 19.2. The smallest absolute Gasteiger partial charge is 0.254 e. The molecule has 0 unspecified atom stereocenters. The van der Waals surface area contributed by atoms with Crippen LogP contribution in [0.5, 0.6) is 5.75 Å². The van der Waals surface area contributed by atoms with Crippen LogP contribution < -0.4 is 4.74 Å². The lowest BCUT2D eigenvalue weighted by Crippen LogP contribution is -2.50. The van der Waals surface area contributed by atoms with Crippen LogP contribution >= 0.6 is 0 Å². The van der Waals surface area contributed by atoms with E-state index >= 15 is 0 Å². The number of likely N-dealkylation sites (tertiary alicyclic amines) is 1. The summed E-state index contributed by atoms with van der Waals surface area (Å²) in [7, 11) is 1.58. The zero-order chi connectivity index (χ0) is 19.2. The molecule has 2 fully saturated rings. The Balaban J connectivity index is 1.43. The first-order valence-electron chi connectivity index (χ1n) is 9.57. The zero-order valence-electron chi connectivity index (χ0n) is 15.9. The highest BCUT2D eigenvalue weighted by Crippen LogP contribution is 2.16. The summed E-state index contributed by atoms with van der Waals surface area (Å²) in [5.74, 6) is 0.932. The van der Waals surface area contributed by atoms with Gasteiger partial charge in [-0.25, -0.2) is 0 Å². The monoisotopic (exact) mass is 373 g/mol.